The van der Waals surface area contributed by atoms with Crippen LogP contribution in [0.1, 0.15) is 0 Å². The van der Waals surface area contributed by atoms with E-state index in [0.29, 0.717) is 0 Å². The van der Waals surface area contributed by atoms with Gasteiger partial charge in [-0.05, 0) is 159 Å². The first kappa shape index (κ1) is 63.2. The van der Waals surface area contributed by atoms with Gasteiger partial charge >= 0.3 is 0 Å². The smallest absolute Gasteiger partial charge is 0 e. The number of rotatable bonds is 6. The van der Waals surface area contributed by atoms with Crippen LogP contribution >= 0.6 is 15.8 Å². The summed E-state index contributed by atoms with van der Waals surface area (Å²) in [4.78, 5) is 14.5. The molecule has 0 amide bonds. The largest absolute Gasteiger partial charge is 0.577 e. The van der Waals surface area contributed by atoms with Crippen LogP contribution in [-0.2, 0) is 40.8 Å². The SMILES string of the molecule is [C-]#CC#CC#CC#CC#CC#CC#CC#[C-].[CH]1[CH][CH][CH][CH]1.[CH]1[CH][CH][CH][CH]1.[N-]=O.[N-]=O.[Re].[Re].c1ccc(P(c2ccccc2)c2ccccc2)cc1.c1ccc(P(c2ccccc2)c2ccccc2)cc1. The van der Waals surface area contributed by atoms with Crippen molar-refractivity contribution in [2.45, 2.75) is 0 Å². The first-order chi connectivity index (χ1) is 33.8. The Kier molecular flexibility index (Phi) is 41.5. The third kappa shape index (κ3) is 28.5. The van der Waals surface area contributed by atoms with Gasteiger partial charge < -0.3 is 33.8 Å². The summed E-state index contributed by atoms with van der Waals surface area (Å²) in [5.41, 5.74) is 11.5. The van der Waals surface area contributed by atoms with E-state index in [1.54, 1.807) is 0 Å². The Labute approximate surface area is 448 Å². The molecule has 338 valence electrons. The molecule has 0 spiro atoms. The molecule has 2 aliphatic rings. The van der Waals surface area contributed by atoms with Gasteiger partial charge in [-0.25, -0.2) is 11.8 Å². The van der Waals surface area contributed by atoms with Gasteiger partial charge in [0.15, 0.2) is 0 Å². The quantitative estimate of drug-likeness (QED) is 0.0947. The molecule has 0 aromatic heterocycles. The van der Waals surface area contributed by atoms with Crippen molar-refractivity contribution in [2.75, 3.05) is 0 Å². The predicted molar refractivity (Wildman–Crippen MR) is 288 cm³/mol. The second-order valence-electron chi connectivity index (χ2n) is 12.4. The van der Waals surface area contributed by atoms with E-state index in [1.807, 2.05) is 76.0 Å². The van der Waals surface area contributed by atoms with Gasteiger partial charge in [0.05, 0.1) is 0 Å². The molecule has 6 aromatic carbocycles. The van der Waals surface area contributed by atoms with E-state index in [4.69, 9.17) is 33.8 Å². The van der Waals surface area contributed by atoms with Gasteiger partial charge in [0, 0.05) is 40.8 Å². The molecule has 8 heteroatoms. The minimum absolute atomic E-state index is 0. The van der Waals surface area contributed by atoms with Crippen LogP contribution in [0.25, 0.3) is 11.2 Å². The first-order valence-corrected chi connectivity index (χ1v) is 22.9. The summed E-state index contributed by atoms with van der Waals surface area (Å²) in [5, 5.41) is 8.39. The molecule has 8 rings (SSSR count). The van der Waals surface area contributed by atoms with Gasteiger partial charge in [0.1, 0.15) is 0 Å². The van der Waals surface area contributed by atoms with Gasteiger partial charge in [-0.3, -0.25) is 11.8 Å². The average molecular weight is 1280 g/mol. The molecule has 0 saturated heterocycles. The summed E-state index contributed by atoms with van der Waals surface area (Å²) in [6.07, 6.45) is 32.9. The van der Waals surface area contributed by atoms with Crippen molar-refractivity contribution >= 4 is 47.7 Å². The molecule has 2 fully saturated rings. The molecular weight excluding hydrogens is 1240 g/mol. The van der Waals surface area contributed by atoms with Crippen LogP contribution in [0.5, 0.6) is 0 Å². The van der Waals surface area contributed by atoms with Crippen LogP contribution in [0.2, 0.25) is 0 Å². The fraction of sp³-hybridized carbons (Fsp3) is 0. The minimum atomic E-state index is -0.446. The molecule has 12 radical (unpaired) electrons. The molecule has 0 bridgehead atoms. The molecule has 0 aliphatic heterocycles. The van der Waals surface area contributed by atoms with Crippen molar-refractivity contribution in [3.05, 3.63) is 280 Å². The number of hydrogen-bond acceptors (Lipinski definition) is 2. The van der Waals surface area contributed by atoms with Gasteiger partial charge in [-0.15, -0.1) is 11.8 Å². The van der Waals surface area contributed by atoms with Crippen LogP contribution in [0.15, 0.2) is 182 Å². The third-order valence-corrected chi connectivity index (χ3v) is 12.9. The van der Waals surface area contributed by atoms with E-state index in [2.05, 4.69) is 253 Å². The number of hydrogen-bond donors (Lipinski definition) is 0. The summed E-state index contributed by atoms with van der Waals surface area (Å²) in [5.74, 6) is 32.1. The summed E-state index contributed by atoms with van der Waals surface area (Å²) < 4.78 is 0. The zero-order valence-corrected chi connectivity index (χ0v) is 44.7. The molecular formula is C62H40N2O2P2Re2-4. The van der Waals surface area contributed by atoms with Crippen LogP contribution in [0, 0.1) is 170 Å². The molecule has 0 heterocycles. The second-order valence-corrected chi connectivity index (χ2v) is 16.8. The monoisotopic (exact) mass is 1280 g/mol. The van der Waals surface area contributed by atoms with Crippen molar-refractivity contribution < 1.29 is 40.8 Å². The fourth-order valence-corrected chi connectivity index (χ4v) is 9.98. The Hall–Kier alpha value is -6.82. The van der Waals surface area contributed by atoms with Crippen LogP contribution in [-0.4, -0.2) is 0 Å². The predicted octanol–water partition coefficient (Wildman–Crippen LogP) is 9.76. The molecule has 2 saturated carbocycles. The van der Waals surface area contributed by atoms with E-state index in [1.165, 1.54) is 31.8 Å². The molecule has 4 nitrogen and oxygen atoms in total. The number of nitroso groups, excluding NO2 is 2. The zero-order valence-electron chi connectivity index (χ0n) is 37.5. The van der Waals surface area contributed by atoms with Crippen LogP contribution < -0.4 is 31.8 Å². The summed E-state index contributed by atoms with van der Waals surface area (Å²) in [7, 11) is -0.892. The standard InChI is InChI=1S/2C18H15P.C16.2C5H5.2NO.2Re/c2*1-4-10-16(11-5-1)19(17-12-6-2-7-13-17)18-14-8-3-9-15-18;1-3-5-7-9-11-13-15-16-14-12-10-8-6-4-2;2*1-2-4-5-3-1;2*1-2;;/h2*1-15H;;2*1-5H;;;;/q;;-2;;;2*-1;;. The zero-order chi connectivity index (χ0) is 48.8. The van der Waals surface area contributed by atoms with Crippen molar-refractivity contribution in [3.8, 4) is 82.9 Å². The van der Waals surface area contributed by atoms with Gasteiger partial charge in [0.25, 0.3) is 0 Å². The van der Waals surface area contributed by atoms with E-state index in [-0.39, 0.29) is 40.8 Å². The molecule has 2 aliphatic carbocycles. The average Bonchev–Trinajstić information content (AvgIpc) is 4.23. The Bertz CT molecular complexity index is 2360. The molecule has 0 atom stereocenters. The van der Waals surface area contributed by atoms with Gasteiger partial charge in [-0.1, -0.05) is 182 Å². The van der Waals surface area contributed by atoms with Gasteiger partial charge in [-0.2, -0.15) is 0 Å². The summed E-state index contributed by atoms with van der Waals surface area (Å²) >= 11 is 0. The van der Waals surface area contributed by atoms with Crippen molar-refractivity contribution in [2.24, 2.45) is 0 Å². The Morgan fingerprint density at radius 3 is 0.500 bits per heavy atom. The maximum atomic E-state index is 7.25. The number of nitrogens with zero attached hydrogens (tertiary/aromatic N) is 2. The van der Waals surface area contributed by atoms with Crippen LogP contribution in [0.3, 0.4) is 0 Å². The van der Waals surface area contributed by atoms with Crippen molar-refractivity contribution in [1.29, 1.82) is 0 Å². The molecule has 70 heavy (non-hydrogen) atoms. The van der Waals surface area contributed by atoms with Crippen LogP contribution in [0.4, 0.5) is 0 Å². The summed E-state index contributed by atoms with van der Waals surface area (Å²) in [6.45, 7) is 0. The van der Waals surface area contributed by atoms with Gasteiger partial charge in [0.2, 0.25) is 0 Å². The Morgan fingerprint density at radius 2 is 0.371 bits per heavy atom. The maximum Gasteiger partial charge on any atom is 0 e. The summed E-state index contributed by atoms with van der Waals surface area (Å²) in [6, 6.07) is 64.7. The minimum Gasteiger partial charge on any atom is -0.577 e. The van der Waals surface area contributed by atoms with E-state index in [0.717, 1.165) is 0 Å². The Balaban J connectivity index is 0.000000886. The normalized spacial score (nSPS) is 10.1. The van der Waals surface area contributed by atoms with E-state index in [9.17, 15) is 0 Å². The molecule has 0 N–H and O–H groups in total. The van der Waals surface area contributed by atoms with Crippen molar-refractivity contribution in [1.82, 2.24) is 0 Å². The first-order valence-electron chi connectivity index (χ1n) is 20.3. The van der Waals surface area contributed by atoms with Crippen molar-refractivity contribution in [3.63, 3.8) is 0 Å². The fourth-order valence-electron chi connectivity index (χ4n) is 5.37. The Morgan fingerprint density at radius 1 is 0.243 bits per heavy atom. The molecule has 6 aromatic rings. The number of benzene rings is 6. The third-order valence-electron chi connectivity index (χ3n) is 8.01. The second kappa shape index (κ2) is 45.9. The van der Waals surface area contributed by atoms with E-state index >= 15 is 0 Å². The topological polar surface area (TPSA) is 78.7 Å². The molecule has 0 unspecified atom stereocenters. The van der Waals surface area contributed by atoms with E-state index < -0.39 is 15.8 Å². The maximum absolute atomic E-state index is 7.25.